The Morgan fingerprint density at radius 2 is 1.92 bits per heavy atom. The minimum absolute atomic E-state index is 0.0410. The summed E-state index contributed by atoms with van der Waals surface area (Å²) in [7, 11) is 1.69. The van der Waals surface area contributed by atoms with Crippen LogP contribution in [-0.4, -0.2) is 57.2 Å². The number of aliphatic imine (C=N–C) groups is 1. The van der Waals surface area contributed by atoms with Crippen molar-refractivity contribution in [3.05, 3.63) is 29.8 Å². The lowest BCUT2D eigenvalue weighted by Crippen LogP contribution is -2.42. The molecule has 5 nitrogen and oxygen atoms in total. The molecule has 0 saturated carbocycles. The molecule has 24 heavy (non-hydrogen) atoms. The zero-order valence-corrected chi connectivity index (χ0v) is 14.7. The predicted molar refractivity (Wildman–Crippen MR) is 93.6 cm³/mol. The number of likely N-dealkylation sites (N-methyl/N-ethyl adjacent to an activating group) is 1. The quantitative estimate of drug-likeness (QED) is 0.389. The Morgan fingerprint density at radius 1 is 1.17 bits per heavy atom. The maximum absolute atomic E-state index is 13.4. The predicted octanol–water partition coefficient (Wildman–Crippen LogP) is 2.24. The van der Waals surface area contributed by atoms with E-state index >= 15 is 0 Å². The number of rotatable bonds is 10. The lowest BCUT2D eigenvalue weighted by Gasteiger charge is -2.20. The van der Waals surface area contributed by atoms with Gasteiger partial charge in [-0.3, -0.25) is 4.99 Å². The average molecular weight is 342 g/mol. The normalized spacial score (nSPS) is 11.7. The molecule has 0 aromatic heterocycles. The molecule has 0 amide bonds. The van der Waals surface area contributed by atoms with E-state index in [0.29, 0.717) is 12.5 Å². The fraction of sp³-hybridized carbons (Fsp3) is 0.588. The molecular formula is C17H28F2N4O. The van der Waals surface area contributed by atoms with E-state index in [1.807, 2.05) is 0 Å². The van der Waals surface area contributed by atoms with Crippen LogP contribution in [-0.2, 0) is 0 Å². The summed E-state index contributed by atoms with van der Waals surface area (Å²) in [5, 5.41) is 6.32. The van der Waals surface area contributed by atoms with Gasteiger partial charge in [-0.2, -0.15) is 0 Å². The van der Waals surface area contributed by atoms with Gasteiger partial charge in [0.1, 0.15) is 12.4 Å². The Kier molecular flexibility index (Phi) is 9.76. The Labute approximate surface area is 143 Å². The van der Waals surface area contributed by atoms with Crippen molar-refractivity contribution in [2.24, 2.45) is 4.99 Å². The minimum Gasteiger partial charge on any atom is -0.489 e. The van der Waals surface area contributed by atoms with E-state index < -0.39 is 11.6 Å². The number of hydrogen-bond acceptors (Lipinski definition) is 3. The van der Waals surface area contributed by atoms with Gasteiger partial charge in [-0.25, -0.2) is 8.78 Å². The molecule has 1 aromatic carbocycles. The molecule has 0 unspecified atom stereocenters. The lowest BCUT2D eigenvalue weighted by molar-refractivity contribution is 0.292. The second-order valence-corrected chi connectivity index (χ2v) is 5.28. The third-order valence-corrected chi connectivity index (χ3v) is 3.48. The average Bonchev–Trinajstić information content (AvgIpc) is 2.57. The Balaban J connectivity index is 2.24. The molecule has 0 aliphatic carbocycles. The van der Waals surface area contributed by atoms with Gasteiger partial charge in [-0.05, 0) is 31.6 Å². The molecule has 1 rings (SSSR count). The van der Waals surface area contributed by atoms with Crippen LogP contribution in [0.1, 0.15) is 20.3 Å². The van der Waals surface area contributed by atoms with E-state index in [0.717, 1.165) is 38.7 Å². The number of halogens is 2. The second-order valence-electron chi connectivity index (χ2n) is 5.28. The molecule has 0 fully saturated rings. The van der Waals surface area contributed by atoms with Gasteiger partial charge in [0.2, 0.25) is 0 Å². The van der Waals surface area contributed by atoms with E-state index in [1.165, 1.54) is 12.1 Å². The van der Waals surface area contributed by atoms with E-state index in [2.05, 4.69) is 34.4 Å². The van der Waals surface area contributed by atoms with Crippen LogP contribution in [0.25, 0.3) is 0 Å². The first-order chi connectivity index (χ1) is 11.6. The smallest absolute Gasteiger partial charge is 0.191 e. The van der Waals surface area contributed by atoms with Crippen LogP contribution in [0.3, 0.4) is 0 Å². The van der Waals surface area contributed by atoms with Crippen LogP contribution >= 0.6 is 0 Å². The first kappa shape index (κ1) is 20.2. The molecule has 0 heterocycles. The zero-order valence-electron chi connectivity index (χ0n) is 14.7. The van der Waals surface area contributed by atoms with E-state index in [1.54, 1.807) is 7.05 Å². The summed E-state index contributed by atoms with van der Waals surface area (Å²) in [6, 6.07) is 3.26. The summed E-state index contributed by atoms with van der Waals surface area (Å²) >= 11 is 0. The molecular weight excluding hydrogens is 314 g/mol. The molecule has 0 radical (unpaired) electrons. The summed E-state index contributed by atoms with van der Waals surface area (Å²) in [5.41, 5.74) is 0. The van der Waals surface area contributed by atoms with Crippen molar-refractivity contribution >= 4 is 5.96 Å². The highest BCUT2D eigenvalue weighted by Gasteiger charge is 2.05. The lowest BCUT2D eigenvalue weighted by atomic mass is 10.3. The third kappa shape index (κ3) is 7.59. The maximum atomic E-state index is 13.4. The van der Waals surface area contributed by atoms with Crippen LogP contribution in [0.5, 0.6) is 5.75 Å². The van der Waals surface area contributed by atoms with Gasteiger partial charge in [-0.15, -0.1) is 0 Å². The molecule has 7 heteroatoms. The monoisotopic (exact) mass is 342 g/mol. The molecule has 0 aliphatic rings. The zero-order chi connectivity index (χ0) is 17.8. The molecule has 0 bridgehead atoms. The third-order valence-electron chi connectivity index (χ3n) is 3.48. The van der Waals surface area contributed by atoms with Crippen LogP contribution in [0, 0.1) is 11.6 Å². The van der Waals surface area contributed by atoms with Crippen molar-refractivity contribution in [3.63, 3.8) is 0 Å². The highest BCUT2D eigenvalue weighted by Crippen LogP contribution is 2.17. The van der Waals surface area contributed by atoms with Crippen LogP contribution in [0.15, 0.2) is 23.2 Å². The van der Waals surface area contributed by atoms with Gasteiger partial charge in [0.25, 0.3) is 0 Å². The van der Waals surface area contributed by atoms with Gasteiger partial charge < -0.3 is 20.3 Å². The van der Waals surface area contributed by atoms with Crippen molar-refractivity contribution in [2.75, 3.05) is 46.4 Å². The van der Waals surface area contributed by atoms with Gasteiger partial charge in [-0.1, -0.05) is 13.8 Å². The van der Waals surface area contributed by atoms with Crippen LogP contribution in [0.4, 0.5) is 8.78 Å². The topological polar surface area (TPSA) is 48.9 Å². The highest BCUT2D eigenvalue weighted by atomic mass is 19.1. The van der Waals surface area contributed by atoms with Crippen molar-refractivity contribution in [1.29, 1.82) is 0 Å². The first-order valence-electron chi connectivity index (χ1n) is 8.35. The van der Waals surface area contributed by atoms with Gasteiger partial charge in [0, 0.05) is 26.2 Å². The maximum Gasteiger partial charge on any atom is 0.191 e. The Hall–Kier alpha value is -1.89. The van der Waals surface area contributed by atoms with Crippen LogP contribution < -0.4 is 15.4 Å². The summed E-state index contributed by atoms with van der Waals surface area (Å²) in [5.74, 6) is -0.607. The van der Waals surface area contributed by atoms with Crippen molar-refractivity contribution in [3.8, 4) is 5.75 Å². The number of nitrogens with one attached hydrogen (secondary N) is 2. The van der Waals surface area contributed by atoms with Gasteiger partial charge in [0.15, 0.2) is 17.5 Å². The summed E-state index contributed by atoms with van der Waals surface area (Å²) < 4.78 is 31.5. The summed E-state index contributed by atoms with van der Waals surface area (Å²) in [4.78, 5) is 6.49. The second kappa shape index (κ2) is 11.6. The SMILES string of the molecule is CCCN(CC)CCNC(=NC)NCCOc1ccc(F)cc1F. The number of hydrogen-bond donors (Lipinski definition) is 2. The molecule has 0 saturated heterocycles. The van der Waals surface area contributed by atoms with E-state index in [4.69, 9.17) is 4.74 Å². The first-order valence-corrected chi connectivity index (χ1v) is 8.35. The fourth-order valence-corrected chi connectivity index (χ4v) is 2.22. The summed E-state index contributed by atoms with van der Waals surface area (Å²) in [6.07, 6.45) is 1.14. The number of nitrogens with zero attached hydrogens (tertiary/aromatic N) is 2. The standard InChI is InChI=1S/C17H28F2N4O/c1-4-10-23(5-2)11-8-21-17(20-3)22-9-12-24-16-7-6-14(18)13-15(16)19/h6-7,13H,4-5,8-12H2,1-3H3,(H2,20,21,22). The molecule has 0 atom stereocenters. The molecule has 2 N–H and O–H groups in total. The number of guanidine groups is 1. The van der Waals surface area contributed by atoms with Crippen LogP contribution in [0.2, 0.25) is 0 Å². The summed E-state index contributed by atoms with van der Waals surface area (Å²) in [6.45, 7) is 8.88. The van der Waals surface area contributed by atoms with Crippen molar-refractivity contribution in [1.82, 2.24) is 15.5 Å². The molecule has 0 spiro atoms. The minimum atomic E-state index is -0.701. The number of benzene rings is 1. The van der Waals surface area contributed by atoms with Crippen molar-refractivity contribution in [2.45, 2.75) is 20.3 Å². The Bertz CT molecular complexity index is 511. The number of ether oxygens (including phenoxy) is 1. The fourth-order valence-electron chi connectivity index (χ4n) is 2.22. The van der Waals surface area contributed by atoms with Crippen molar-refractivity contribution < 1.29 is 13.5 Å². The largest absolute Gasteiger partial charge is 0.489 e. The van der Waals surface area contributed by atoms with E-state index in [9.17, 15) is 8.78 Å². The molecule has 0 aliphatic heterocycles. The highest BCUT2D eigenvalue weighted by molar-refractivity contribution is 5.79. The Morgan fingerprint density at radius 3 is 2.54 bits per heavy atom. The molecule has 1 aromatic rings. The van der Waals surface area contributed by atoms with E-state index in [-0.39, 0.29) is 12.4 Å². The molecule has 136 valence electrons. The van der Waals surface area contributed by atoms with Gasteiger partial charge in [0.05, 0.1) is 6.54 Å². The van der Waals surface area contributed by atoms with Gasteiger partial charge >= 0.3 is 0 Å².